The molecular weight excluding hydrogens is 260 g/mol. The highest BCUT2D eigenvalue weighted by atomic mass is 16.3. The summed E-state index contributed by atoms with van der Waals surface area (Å²) in [6.45, 7) is 6.52. The number of benzene rings is 1. The lowest BCUT2D eigenvalue weighted by atomic mass is 9.89. The molecule has 0 saturated heterocycles. The monoisotopic (exact) mass is 284 g/mol. The summed E-state index contributed by atoms with van der Waals surface area (Å²) in [5, 5.41) is 0. The average molecular weight is 284 g/mol. The molecule has 0 spiro atoms. The third-order valence-corrected chi connectivity index (χ3v) is 3.58. The molecule has 2 nitrogen and oxygen atoms in total. The van der Waals surface area contributed by atoms with Gasteiger partial charge in [-0.3, -0.25) is 4.79 Å². The van der Waals surface area contributed by atoms with Crippen LogP contribution in [0.5, 0.6) is 0 Å². The van der Waals surface area contributed by atoms with Gasteiger partial charge in [-0.25, -0.2) is 0 Å². The minimum Gasteiger partial charge on any atom is -0.464 e. The van der Waals surface area contributed by atoms with Gasteiger partial charge < -0.3 is 4.42 Å². The fraction of sp³-hybridized carbons (Fsp3) is 0.421. The van der Waals surface area contributed by atoms with Crippen LogP contribution in [0.15, 0.2) is 47.1 Å². The van der Waals surface area contributed by atoms with Crippen LogP contribution in [0.2, 0.25) is 0 Å². The van der Waals surface area contributed by atoms with E-state index >= 15 is 0 Å². The number of carbonyl (C=O) groups is 1. The summed E-state index contributed by atoms with van der Waals surface area (Å²) >= 11 is 0. The molecule has 0 bridgehead atoms. The van der Waals surface area contributed by atoms with Gasteiger partial charge in [0.15, 0.2) is 0 Å². The molecule has 21 heavy (non-hydrogen) atoms. The van der Waals surface area contributed by atoms with Crippen molar-refractivity contribution in [3.63, 3.8) is 0 Å². The Kier molecular flexibility index (Phi) is 5.00. The van der Waals surface area contributed by atoms with E-state index in [9.17, 15) is 4.79 Å². The van der Waals surface area contributed by atoms with Gasteiger partial charge in [0.05, 0.1) is 6.26 Å². The summed E-state index contributed by atoms with van der Waals surface area (Å²) in [4.78, 5) is 12.0. The summed E-state index contributed by atoms with van der Waals surface area (Å²) in [6.07, 6.45) is 4.74. The van der Waals surface area contributed by atoms with Crippen molar-refractivity contribution in [3.8, 4) is 11.3 Å². The van der Waals surface area contributed by atoms with Crippen molar-refractivity contribution in [1.82, 2.24) is 0 Å². The third kappa shape index (κ3) is 5.22. The van der Waals surface area contributed by atoms with E-state index in [4.69, 9.17) is 4.42 Å². The smallest absolute Gasteiger partial charge is 0.133 e. The number of hydrogen-bond donors (Lipinski definition) is 0. The summed E-state index contributed by atoms with van der Waals surface area (Å²) in [6, 6.07) is 12.1. The van der Waals surface area contributed by atoms with Gasteiger partial charge in [0.1, 0.15) is 11.5 Å². The lowest BCUT2D eigenvalue weighted by Gasteiger charge is -2.16. The zero-order valence-electron chi connectivity index (χ0n) is 13.2. The Morgan fingerprint density at radius 3 is 2.57 bits per heavy atom. The fourth-order valence-electron chi connectivity index (χ4n) is 2.25. The maximum Gasteiger partial charge on any atom is 0.133 e. The van der Waals surface area contributed by atoms with Crippen LogP contribution in [0.25, 0.3) is 11.3 Å². The Bertz CT molecular complexity index is 574. The molecule has 1 aromatic carbocycles. The highest BCUT2D eigenvalue weighted by molar-refractivity contribution is 5.78. The molecule has 1 aromatic heterocycles. The molecule has 0 amide bonds. The number of ketones is 1. The topological polar surface area (TPSA) is 30.2 Å². The van der Waals surface area contributed by atoms with Crippen LogP contribution in [-0.4, -0.2) is 5.78 Å². The molecule has 0 atom stereocenters. The molecule has 0 N–H and O–H groups in total. The minimum atomic E-state index is 0.231. The average Bonchev–Trinajstić information content (AvgIpc) is 2.96. The summed E-state index contributed by atoms with van der Waals surface area (Å²) in [5.74, 6) is 1.23. The van der Waals surface area contributed by atoms with Gasteiger partial charge in [-0.2, -0.15) is 0 Å². The van der Waals surface area contributed by atoms with Gasteiger partial charge in [0, 0.05) is 18.4 Å². The molecule has 0 aliphatic carbocycles. The van der Waals surface area contributed by atoms with Crippen LogP contribution in [0.3, 0.4) is 0 Å². The summed E-state index contributed by atoms with van der Waals surface area (Å²) < 4.78 is 5.41. The van der Waals surface area contributed by atoms with Crippen LogP contribution >= 0.6 is 0 Å². The first-order valence-corrected chi connectivity index (χ1v) is 7.58. The highest BCUT2D eigenvalue weighted by Crippen LogP contribution is 2.23. The van der Waals surface area contributed by atoms with Crippen LogP contribution in [-0.2, 0) is 11.2 Å². The van der Waals surface area contributed by atoms with Gasteiger partial charge in [-0.15, -0.1) is 0 Å². The fourth-order valence-corrected chi connectivity index (χ4v) is 2.25. The van der Waals surface area contributed by atoms with Gasteiger partial charge in [-0.05, 0) is 42.0 Å². The number of hydrogen-bond acceptors (Lipinski definition) is 2. The number of Topliss-reactive ketones (excluding diaryl/α,β-unsaturated/α-hetero) is 1. The number of carbonyl (C=O) groups excluding carboxylic acids is 1. The van der Waals surface area contributed by atoms with Crippen molar-refractivity contribution in [2.24, 2.45) is 5.41 Å². The molecule has 112 valence electrons. The van der Waals surface area contributed by atoms with E-state index in [-0.39, 0.29) is 5.41 Å². The standard InChI is InChI=1S/C19H24O2/c1-19(2,3)12-11-17(20)10-9-15-6-4-7-16(14-15)18-8-5-13-21-18/h4-8,13-14H,9-12H2,1-3H3. The first kappa shape index (κ1) is 15.6. The van der Waals surface area contributed by atoms with Crippen LogP contribution in [0.4, 0.5) is 0 Å². The van der Waals surface area contributed by atoms with E-state index < -0.39 is 0 Å². The molecule has 0 saturated carbocycles. The third-order valence-electron chi connectivity index (χ3n) is 3.58. The number of rotatable bonds is 6. The molecule has 2 aromatic rings. The maximum atomic E-state index is 12.0. The quantitative estimate of drug-likeness (QED) is 0.723. The van der Waals surface area contributed by atoms with Crippen LogP contribution in [0.1, 0.15) is 45.6 Å². The molecular formula is C19H24O2. The van der Waals surface area contributed by atoms with Crippen molar-refractivity contribution in [3.05, 3.63) is 48.2 Å². The second kappa shape index (κ2) is 6.75. The van der Waals surface area contributed by atoms with E-state index in [2.05, 4.69) is 32.9 Å². The molecule has 0 fully saturated rings. The van der Waals surface area contributed by atoms with E-state index in [0.717, 1.165) is 24.2 Å². The van der Waals surface area contributed by atoms with Gasteiger partial charge in [-0.1, -0.05) is 39.0 Å². The van der Waals surface area contributed by atoms with E-state index in [1.165, 1.54) is 5.56 Å². The van der Waals surface area contributed by atoms with Crippen molar-refractivity contribution in [1.29, 1.82) is 0 Å². The lowest BCUT2D eigenvalue weighted by Crippen LogP contribution is -2.09. The van der Waals surface area contributed by atoms with E-state index in [0.29, 0.717) is 18.6 Å². The van der Waals surface area contributed by atoms with E-state index in [1.807, 2.05) is 24.3 Å². The molecule has 2 heteroatoms. The molecule has 0 unspecified atom stereocenters. The second-order valence-electron chi connectivity index (χ2n) is 6.78. The Balaban J connectivity index is 1.89. The van der Waals surface area contributed by atoms with Crippen molar-refractivity contribution in [2.45, 2.75) is 46.5 Å². The largest absolute Gasteiger partial charge is 0.464 e. The first-order chi connectivity index (χ1) is 9.94. The van der Waals surface area contributed by atoms with Gasteiger partial charge in [0.2, 0.25) is 0 Å². The summed E-state index contributed by atoms with van der Waals surface area (Å²) in [5.41, 5.74) is 2.49. The van der Waals surface area contributed by atoms with Gasteiger partial charge >= 0.3 is 0 Å². The first-order valence-electron chi connectivity index (χ1n) is 7.58. The number of furan rings is 1. The number of aryl methyl sites for hydroxylation is 1. The van der Waals surface area contributed by atoms with Crippen molar-refractivity contribution < 1.29 is 9.21 Å². The minimum absolute atomic E-state index is 0.231. The molecule has 2 rings (SSSR count). The van der Waals surface area contributed by atoms with Crippen LogP contribution < -0.4 is 0 Å². The lowest BCUT2D eigenvalue weighted by molar-refractivity contribution is -0.119. The highest BCUT2D eigenvalue weighted by Gasteiger charge is 2.13. The Labute approximate surface area is 127 Å². The van der Waals surface area contributed by atoms with E-state index in [1.54, 1.807) is 6.26 Å². The Morgan fingerprint density at radius 2 is 1.90 bits per heavy atom. The maximum absolute atomic E-state index is 12.0. The molecule has 1 heterocycles. The molecule has 0 radical (unpaired) electrons. The van der Waals surface area contributed by atoms with Crippen molar-refractivity contribution >= 4 is 5.78 Å². The van der Waals surface area contributed by atoms with Crippen molar-refractivity contribution in [2.75, 3.05) is 0 Å². The van der Waals surface area contributed by atoms with Crippen LogP contribution in [0, 0.1) is 5.41 Å². The SMILES string of the molecule is CC(C)(C)CCC(=O)CCc1cccc(-c2ccco2)c1. The zero-order chi connectivity index (χ0) is 15.3. The molecule has 0 aliphatic heterocycles. The predicted molar refractivity (Wildman–Crippen MR) is 86.2 cm³/mol. The Morgan fingerprint density at radius 1 is 1.10 bits per heavy atom. The summed E-state index contributed by atoms with van der Waals surface area (Å²) in [7, 11) is 0. The van der Waals surface area contributed by atoms with Gasteiger partial charge in [0.25, 0.3) is 0 Å². The normalized spacial score (nSPS) is 11.6. The Hall–Kier alpha value is -1.83. The zero-order valence-corrected chi connectivity index (χ0v) is 13.2. The molecule has 0 aliphatic rings. The predicted octanol–water partition coefficient (Wildman–Crippen LogP) is 5.27. The second-order valence-corrected chi connectivity index (χ2v) is 6.78.